The van der Waals surface area contributed by atoms with Gasteiger partial charge < -0.3 is 9.52 Å². The first kappa shape index (κ1) is 9.78. The molecule has 14 heavy (non-hydrogen) atoms. The number of hydrogen-bond acceptors (Lipinski definition) is 2. The van der Waals surface area contributed by atoms with E-state index in [1.807, 2.05) is 12.1 Å². The van der Waals surface area contributed by atoms with Crippen LogP contribution < -0.4 is 0 Å². The van der Waals surface area contributed by atoms with Crippen LogP contribution in [0.15, 0.2) is 22.8 Å². The lowest BCUT2D eigenvalue weighted by molar-refractivity contribution is -0.00619. The van der Waals surface area contributed by atoms with Gasteiger partial charge in [0.05, 0.1) is 6.26 Å². The van der Waals surface area contributed by atoms with Crippen molar-refractivity contribution in [3.8, 4) is 0 Å². The Morgan fingerprint density at radius 3 is 2.64 bits per heavy atom. The molecule has 0 radical (unpaired) electrons. The minimum absolute atomic E-state index is 0.0239. The third-order valence-electron chi connectivity index (χ3n) is 3.47. The van der Waals surface area contributed by atoms with E-state index in [9.17, 15) is 5.11 Å². The topological polar surface area (TPSA) is 33.4 Å². The molecule has 1 N–H and O–H groups in total. The summed E-state index contributed by atoms with van der Waals surface area (Å²) >= 11 is 0. The van der Waals surface area contributed by atoms with Crippen molar-refractivity contribution in [3.63, 3.8) is 0 Å². The van der Waals surface area contributed by atoms with Gasteiger partial charge in [-0.15, -0.1) is 0 Å². The SMILES string of the molecule is CC1(C(O)c2ccco2)CCCCC1. The highest BCUT2D eigenvalue weighted by molar-refractivity contribution is 5.06. The molecule has 0 saturated heterocycles. The van der Waals surface area contributed by atoms with E-state index in [4.69, 9.17) is 4.42 Å². The van der Waals surface area contributed by atoms with Crippen molar-refractivity contribution in [1.82, 2.24) is 0 Å². The Balaban J connectivity index is 2.13. The Morgan fingerprint density at radius 2 is 2.07 bits per heavy atom. The standard InChI is InChI=1S/C12H18O2/c1-12(7-3-2-4-8-12)11(13)10-6-5-9-14-10/h5-6,9,11,13H,2-4,7-8H2,1H3. The molecule has 1 unspecified atom stereocenters. The van der Waals surface area contributed by atoms with E-state index in [0.29, 0.717) is 0 Å². The van der Waals surface area contributed by atoms with Gasteiger partial charge in [-0.2, -0.15) is 0 Å². The van der Waals surface area contributed by atoms with Crippen molar-refractivity contribution in [2.24, 2.45) is 5.41 Å². The summed E-state index contributed by atoms with van der Waals surface area (Å²) in [5.41, 5.74) is 0.0239. The fraction of sp³-hybridized carbons (Fsp3) is 0.667. The summed E-state index contributed by atoms with van der Waals surface area (Å²) in [6.45, 7) is 2.17. The highest BCUT2D eigenvalue weighted by Gasteiger charge is 2.36. The molecule has 1 atom stereocenters. The van der Waals surface area contributed by atoms with Gasteiger partial charge in [-0.3, -0.25) is 0 Å². The first-order valence-electron chi connectivity index (χ1n) is 5.44. The van der Waals surface area contributed by atoms with E-state index in [0.717, 1.165) is 18.6 Å². The largest absolute Gasteiger partial charge is 0.467 e. The quantitative estimate of drug-likeness (QED) is 0.783. The molecular weight excluding hydrogens is 176 g/mol. The maximum Gasteiger partial charge on any atom is 0.132 e. The van der Waals surface area contributed by atoms with Crippen LogP contribution in [0.5, 0.6) is 0 Å². The molecule has 1 aliphatic rings. The molecule has 0 spiro atoms. The zero-order valence-corrected chi connectivity index (χ0v) is 8.70. The predicted molar refractivity (Wildman–Crippen MR) is 54.9 cm³/mol. The van der Waals surface area contributed by atoms with Crippen LogP contribution in [0, 0.1) is 5.41 Å². The Kier molecular flexibility index (Phi) is 2.64. The lowest BCUT2D eigenvalue weighted by Gasteiger charge is -2.36. The molecule has 0 bridgehead atoms. The van der Waals surface area contributed by atoms with Crippen LogP contribution in [0.2, 0.25) is 0 Å². The van der Waals surface area contributed by atoms with Crippen LogP contribution in [0.1, 0.15) is 50.9 Å². The molecule has 1 saturated carbocycles. The summed E-state index contributed by atoms with van der Waals surface area (Å²) in [5.74, 6) is 0.717. The fourth-order valence-electron chi connectivity index (χ4n) is 2.42. The summed E-state index contributed by atoms with van der Waals surface area (Å²) in [6, 6.07) is 3.70. The molecule has 1 aromatic heterocycles. The molecule has 2 rings (SSSR count). The van der Waals surface area contributed by atoms with Gasteiger partial charge >= 0.3 is 0 Å². The first-order chi connectivity index (χ1) is 6.72. The van der Waals surface area contributed by atoms with E-state index >= 15 is 0 Å². The Bertz CT molecular complexity index is 271. The van der Waals surface area contributed by atoms with Gasteiger partial charge in [-0.1, -0.05) is 26.2 Å². The average Bonchev–Trinajstić information content (AvgIpc) is 2.70. The molecule has 1 aliphatic carbocycles. The molecule has 0 amide bonds. The van der Waals surface area contributed by atoms with Crippen molar-refractivity contribution in [1.29, 1.82) is 0 Å². The molecular formula is C12H18O2. The Hall–Kier alpha value is -0.760. The van der Waals surface area contributed by atoms with Gasteiger partial charge in [0.1, 0.15) is 11.9 Å². The van der Waals surface area contributed by atoms with Crippen LogP contribution in [0.25, 0.3) is 0 Å². The van der Waals surface area contributed by atoms with Crippen molar-refractivity contribution in [2.45, 2.75) is 45.1 Å². The molecule has 78 valence electrons. The van der Waals surface area contributed by atoms with Gasteiger partial charge in [0.15, 0.2) is 0 Å². The monoisotopic (exact) mass is 194 g/mol. The van der Waals surface area contributed by atoms with E-state index in [1.165, 1.54) is 19.3 Å². The normalized spacial score (nSPS) is 23.3. The summed E-state index contributed by atoms with van der Waals surface area (Å²) < 4.78 is 5.26. The van der Waals surface area contributed by atoms with Crippen LogP contribution >= 0.6 is 0 Å². The number of furan rings is 1. The fourth-order valence-corrected chi connectivity index (χ4v) is 2.42. The van der Waals surface area contributed by atoms with Crippen LogP contribution in [-0.4, -0.2) is 5.11 Å². The third-order valence-corrected chi connectivity index (χ3v) is 3.47. The van der Waals surface area contributed by atoms with Crippen molar-refractivity contribution >= 4 is 0 Å². The first-order valence-corrected chi connectivity index (χ1v) is 5.44. The lowest BCUT2D eigenvalue weighted by atomic mass is 9.71. The summed E-state index contributed by atoms with van der Waals surface area (Å²) in [4.78, 5) is 0. The zero-order chi connectivity index (χ0) is 10.0. The number of aliphatic hydroxyl groups excluding tert-OH is 1. The molecule has 1 fully saturated rings. The van der Waals surface area contributed by atoms with Crippen molar-refractivity contribution in [2.75, 3.05) is 0 Å². The third kappa shape index (κ3) is 1.71. The van der Waals surface area contributed by atoms with Gasteiger partial charge in [0, 0.05) is 5.41 Å². The van der Waals surface area contributed by atoms with Gasteiger partial charge in [-0.05, 0) is 25.0 Å². The summed E-state index contributed by atoms with van der Waals surface area (Å²) in [6.07, 6.45) is 7.18. The second kappa shape index (κ2) is 3.77. The summed E-state index contributed by atoms with van der Waals surface area (Å²) in [7, 11) is 0. The molecule has 2 heteroatoms. The molecule has 0 aliphatic heterocycles. The lowest BCUT2D eigenvalue weighted by Crippen LogP contribution is -2.27. The zero-order valence-electron chi connectivity index (χ0n) is 8.70. The highest BCUT2D eigenvalue weighted by Crippen LogP contribution is 2.45. The van der Waals surface area contributed by atoms with Crippen LogP contribution in [0.4, 0.5) is 0 Å². The van der Waals surface area contributed by atoms with E-state index in [-0.39, 0.29) is 5.41 Å². The number of rotatable bonds is 2. The Morgan fingerprint density at radius 1 is 1.36 bits per heavy atom. The average molecular weight is 194 g/mol. The maximum atomic E-state index is 10.2. The molecule has 2 nitrogen and oxygen atoms in total. The molecule has 1 aromatic rings. The summed E-state index contributed by atoms with van der Waals surface area (Å²) in [5, 5.41) is 10.2. The Labute approximate surface area is 84.9 Å². The second-order valence-electron chi connectivity index (χ2n) is 4.63. The van der Waals surface area contributed by atoms with Crippen LogP contribution in [0.3, 0.4) is 0 Å². The van der Waals surface area contributed by atoms with Crippen LogP contribution in [-0.2, 0) is 0 Å². The molecule has 1 heterocycles. The minimum atomic E-state index is -0.433. The van der Waals surface area contributed by atoms with Gasteiger partial charge in [0.2, 0.25) is 0 Å². The van der Waals surface area contributed by atoms with Gasteiger partial charge in [-0.25, -0.2) is 0 Å². The van der Waals surface area contributed by atoms with Crippen molar-refractivity contribution < 1.29 is 9.52 Å². The molecule has 0 aromatic carbocycles. The highest BCUT2D eigenvalue weighted by atomic mass is 16.4. The van der Waals surface area contributed by atoms with E-state index in [2.05, 4.69) is 6.92 Å². The van der Waals surface area contributed by atoms with E-state index < -0.39 is 6.10 Å². The second-order valence-corrected chi connectivity index (χ2v) is 4.63. The number of hydrogen-bond donors (Lipinski definition) is 1. The van der Waals surface area contributed by atoms with Gasteiger partial charge in [0.25, 0.3) is 0 Å². The number of aliphatic hydroxyl groups is 1. The van der Waals surface area contributed by atoms with E-state index in [1.54, 1.807) is 6.26 Å². The van der Waals surface area contributed by atoms with Crippen molar-refractivity contribution in [3.05, 3.63) is 24.2 Å². The minimum Gasteiger partial charge on any atom is -0.467 e. The predicted octanol–water partition coefficient (Wildman–Crippen LogP) is 3.28. The maximum absolute atomic E-state index is 10.2. The smallest absolute Gasteiger partial charge is 0.132 e.